The normalized spacial score (nSPS) is 13.1. The zero-order valence-electron chi connectivity index (χ0n) is 16.4. The Balaban J connectivity index is 2.13. The number of benzene rings is 2. The van der Waals surface area contributed by atoms with Crippen LogP contribution in [0.5, 0.6) is 0 Å². The lowest BCUT2D eigenvalue weighted by atomic mass is 9.75. The van der Waals surface area contributed by atoms with Gasteiger partial charge < -0.3 is 0 Å². The third-order valence-corrected chi connectivity index (χ3v) is 5.03. The Labute approximate surface area is 169 Å². The first-order chi connectivity index (χ1) is 13.9. The highest BCUT2D eigenvalue weighted by molar-refractivity contribution is 5.99. The van der Waals surface area contributed by atoms with Crippen molar-refractivity contribution in [3.8, 4) is 5.69 Å². The van der Waals surface area contributed by atoms with Crippen LogP contribution in [0.1, 0.15) is 35.9 Å². The molecule has 3 rings (SSSR count). The summed E-state index contributed by atoms with van der Waals surface area (Å²) in [5.74, 6) is -1.62. The Morgan fingerprint density at radius 3 is 2.21 bits per heavy atom. The van der Waals surface area contributed by atoms with Crippen LogP contribution in [-0.4, -0.2) is 20.3 Å². The van der Waals surface area contributed by atoms with Crippen molar-refractivity contribution in [2.24, 2.45) is 11.8 Å². The molecule has 0 bridgehead atoms. The fourth-order valence-corrected chi connectivity index (χ4v) is 3.69. The van der Waals surface area contributed by atoms with Crippen LogP contribution in [0.15, 0.2) is 85.3 Å². The van der Waals surface area contributed by atoms with Crippen LogP contribution in [-0.2, 0) is 0 Å². The molecule has 0 aliphatic heterocycles. The second-order valence-corrected chi connectivity index (χ2v) is 7.23. The van der Waals surface area contributed by atoms with Crippen molar-refractivity contribution in [1.29, 1.82) is 0 Å². The van der Waals surface area contributed by atoms with Crippen LogP contribution in [0.3, 0.4) is 0 Å². The number of nitrogens with zero attached hydrogens (tertiary/aromatic N) is 3. The van der Waals surface area contributed by atoms with Crippen LogP contribution in [0.25, 0.3) is 5.69 Å². The molecule has 6 heteroatoms. The molecule has 0 aliphatic carbocycles. The average Bonchev–Trinajstić information content (AvgIpc) is 3.22. The maximum absolute atomic E-state index is 13.7. The van der Waals surface area contributed by atoms with Crippen molar-refractivity contribution in [2.45, 2.75) is 19.8 Å². The number of Topliss-reactive ketones (excluding diaryl/α,β-unsaturated/α-hetero) is 1. The molecule has 29 heavy (non-hydrogen) atoms. The fraction of sp³-hybridized carbons (Fsp3) is 0.217. The quantitative estimate of drug-likeness (QED) is 0.312. The monoisotopic (exact) mass is 389 g/mol. The Kier molecular flexibility index (Phi) is 6.02. The van der Waals surface area contributed by atoms with Crippen molar-refractivity contribution in [3.63, 3.8) is 0 Å². The minimum atomic E-state index is -0.765. The van der Waals surface area contributed by atoms with Gasteiger partial charge in [0.1, 0.15) is 0 Å². The van der Waals surface area contributed by atoms with Gasteiger partial charge in [0.05, 0.1) is 16.8 Å². The summed E-state index contributed by atoms with van der Waals surface area (Å²) in [4.78, 5) is 29.1. The van der Waals surface area contributed by atoms with Crippen molar-refractivity contribution in [3.05, 3.63) is 107 Å². The van der Waals surface area contributed by atoms with E-state index in [0.717, 1.165) is 5.69 Å². The lowest BCUT2D eigenvalue weighted by molar-refractivity contribution is -0.434. The highest BCUT2D eigenvalue weighted by Crippen LogP contribution is 2.37. The Hall–Kier alpha value is -3.54. The lowest BCUT2D eigenvalue weighted by Gasteiger charge is -2.27. The molecular formula is C23H23N3O3. The fourth-order valence-electron chi connectivity index (χ4n) is 3.69. The molecule has 0 N–H and O–H groups in total. The molecular weight excluding hydrogens is 366 g/mol. The molecule has 0 aliphatic rings. The van der Waals surface area contributed by atoms with Gasteiger partial charge in [-0.05, 0) is 30.2 Å². The SMILES string of the molecule is C=C([C@@H](C(C)C)[C@@H](C(=O)c1nccn1-c1ccccc1)c1ccccc1)[N+](=O)[O-]. The van der Waals surface area contributed by atoms with Crippen LogP contribution in [0.2, 0.25) is 0 Å². The summed E-state index contributed by atoms with van der Waals surface area (Å²) in [6, 6.07) is 18.6. The lowest BCUT2D eigenvalue weighted by Crippen LogP contribution is -2.31. The number of hydrogen-bond acceptors (Lipinski definition) is 4. The number of hydrogen-bond donors (Lipinski definition) is 0. The molecule has 0 spiro atoms. The molecule has 3 aromatic rings. The van der Waals surface area contributed by atoms with Crippen molar-refractivity contribution >= 4 is 5.78 Å². The number of imidazole rings is 1. The third-order valence-electron chi connectivity index (χ3n) is 5.03. The minimum Gasteiger partial charge on any atom is -0.297 e. The van der Waals surface area contributed by atoms with Crippen molar-refractivity contribution in [2.75, 3.05) is 0 Å². The molecule has 0 saturated heterocycles. The largest absolute Gasteiger partial charge is 0.297 e. The van der Waals surface area contributed by atoms with Gasteiger partial charge in [0.2, 0.25) is 11.5 Å². The minimum absolute atomic E-state index is 0.165. The number of para-hydroxylation sites is 1. The van der Waals surface area contributed by atoms with Gasteiger partial charge in [-0.25, -0.2) is 4.98 Å². The van der Waals surface area contributed by atoms with E-state index in [1.807, 2.05) is 74.5 Å². The Morgan fingerprint density at radius 2 is 1.66 bits per heavy atom. The number of carbonyl (C=O) groups is 1. The van der Waals surface area contributed by atoms with Gasteiger partial charge in [-0.2, -0.15) is 0 Å². The van der Waals surface area contributed by atoms with Gasteiger partial charge in [0.25, 0.3) is 0 Å². The van der Waals surface area contributed by atoms with E-state index in [4.69, 9.17) is 0 Å². The first-order valence-corrected chi connectivity index (χ1v) is 9.43. The van der Waals surface area contributed by atoms with E-state index >= 15 is 0 Å². The summed E-state index contributed by atoms with van der Waals surface area (Å²) in [6.07, 6.45) is 3.28. The predicted molar refractivity (Wildman–Crippen MR) is 112 cm³/mol. The van der Waals surface area contributed by atoms with E-state index in [1.165, 1.54) is 0 Å². The van der Waals surface area contributed by atoms with E-state index in [1.54, 1.807) is 17.0 Å². The van der Waals surface area contributed by atoms with Gasteiger partial charge in [0.15, 0.2) is 5.82 Å². The maximum Gasteiger partial charge on any atom is 0.243 e. The molecule has 148 valence electrons. The molecule has 0 saturated carbocycles. The Bertz CT molecular complexity index is 1010. The standard InChI is InChI=1S/C23H23N3O3/c1-16(2)20(17(3)26(28)29)21(18-10-6-4-7-11-18)22(27)23-24-14-15-25(23)19-12-8-5-9-13-19/h4-16,20-21H,3H2,1-2H3/t20-,21+/m1/s1. The molecule has 0 amide bonds. The van der Waals surface area contributed by atoms with E-state index in [-0.39, 0.29) is 23.2 Å². The van der Waals surface area contributed by atoms with Gasteiger partial charge in [-0.1, -0.05) is 62.4 Å². The van der Waals surface area contributed by atoms with Gasteiger partial charge in [0, 0.05) is 18.1 Å². The molecule has 2 atom stereocenters. The van der Waals surface area contributed by atoms with E-state index in [2.05, 4.69) is 11.6 Å². The summed E-state index contributed by atoms with van der Waals surface area (Å²) < 4.78 is 1.71. The summed E-state index contributed by atoms with van der Waals surface area (Å²) in [6.45, 7) is 7.42. The smallest absolute Gasteiger partial charge is 0.243 e. The van der Waals surface area contributed by atoms with Crippen LogP contribution < -0.4 is 0 Å². The molecule has 2 aromatic carbocycles. The van der Waals surface area contributed by atoms with Crippen LogP contribution >= 0.6 is 0 Å². The number of allylic oxidation sites excluding steroid dienone is 1. The summed E-state index contributed by atoms with van der Waals surface area (Å²) in [7, 11) is 0. The number of nitro groups is 1. The van der Waals surface area contributed by atoms with Crippen LogP contribution in [0, 0.1) is 22.0 Å². The number of ketones is 1. The van der Waals surface area contributed by atoms with Gasteiger partial charge >= 0.3 is 0 Å². The molecule has 6 nitrogen and oxygen atoms in total. The van der Waals surface area contributed by atoms with Gasteiger partial charge in [-0.3, -0.25) is 19.5 Å². The molecule has 1 heterocycles. The zero-order valence-corrected chi connectivity index (χ0v) is 16.4. The first kappa shape index (κ1) is 20.2. The molecule has 0 fully saturated rings. The van der Waals surface area contributed by atoms with E-state index in [9.17, 15) is 14.9 Å². The predicted octanol–water partition coefficient (Wildman–Crippen LogP) is 4.90. The van der Waals surface area contributed by atoms with Crippen molar-refractivity contribution < 1.29 is 9.72 Å². The molecule has 0 radical (unpaired) electrons. The van der Waals surface area contributed by atoms with E-state index < -0.39 is 16.8 Å². The summed E-state index contributed by atoms with van der Waals surface area (Å²) in [5.41, 5.74) is 1.34. The maximum atomic E-state index is 13.7. The summed E-state index contributed by atoms with van der Waals surface area (Å²) >= 11 is 0. The van der Waals surface area contributed by atoms with Crippen LogP contribution in [0.4, 0.5) is 0 Å². The second-order valence-electron chi connectivity index (χ2n) is 7.23. The van der Waals surface area contributed by atoms with Gasteiger partial charge in [-0.15, -0.1) is 0 Å². The number of aromatic nitrogens is 2. The Morgan fingerprint density at radius 1 is 1.07 bits per heavy atom. The van der Waals surface area contributed by atoms with Crippen molar-refractivity contribution in [1.82, 2.24) is 9.55 Å². The topological polar surface area (TPSA) is 78.0 Å². The highest BCUT2D eigenvalue weighted by Gasteiger charge is 2.40. The average molecular weight is 389 g/mol. The number of carbonyl (C=O) groups excluding carboxylic acids is 1. The first-order valence-electron chi connectivity index (χ1n) is 9.43. The molecule has 0 unspecified atom stereocenters. The number of rotatable bonds is 8. The second kappa shape index (κ2) is 8.65. The molecule has 1 aromatic heterocycles. The third kappa shape index (κ3) is 4.16. The highest BCUT2D eigenvalue weighted by atomic mass is 16.6. The van der Waals surface area contributed by atoms with E-state index in [0.29, 0.717) is 5.56 Å². The zero-order chi connectivity index (χ0) is 21.0. The summed E-state index contributed by atoms with van der Waals surface area (Å²) in [5, 5.41) is 11.6.